The van der Waals surface area contributed by atoms with Gasteiger partial charge in [-0.05, 0) is 30.3 Å². The molecular weight excluding hydrogens is 234 g/mol. The third-order valence-corrected chi connectivity index (χ3v) is 3.13. The Bertz CT molecular complexity index is 703. The summed E-state index contributed by atoms with van der Waals surface area (Å²) in [5, 5.41) is 1.07. The monoisotopic (exact) mass is 249 g/mol. The molecule has 0 bridgehead atoms. The van der Waals surface area contributed by atoms with Crippen molar-refractivity contribution < 1.29 is 0 Å². The van der Waals surface area contributed by atoms with Crippen LogP contribution in [0.2, 0.25) is 0 Å². The number of aromatic nitrogens is 2. The Morgan fingerprint density at radius 2 is 1.63 bits per heavy atom. The molecule has 3 rings (SSSR count). The van der Waals surface area contributed by atoms with E-state index in [-0.39, 0.29) is 0 Å². The molecule has 0 fully saturated rings. The van der Waals surface area contributed by atoms with Crippen LogP contribution < -0.4 is 4.90 Å². The first-order valence-electron chi connectivity index (χ1n) is 6.23. The maximum atomic E-state index is 4.60. The number of hydrogen-bond acceptors (Lipinski definition) is 3. The highest BCUT2D eigenvalue weighted by atomic mass is 15.1. The second kappa shape index (κ2) is 4.69. The summed E-state index contributed by atoms with van der Waals surface area (Å²) in [5.41, 5.74) is 3.19. The normalized spacial score (nSPS) is 10.6. The molecule has 0 aliphatic rings. The Balaban J connectivity index is 2.03. The van der Waals surface area contributed by atoms with Crippen molar-refractivity contribution in [1.29, 1.82) is 0 Å². The summed E-state index contributed by atoms with van der Waals surface area (Å²) >= 11 is 0. The van der Waals surface area contributed by atoms with Crippen LogP contribution in [0.5, 0.6) is 0 Å². The minimum Gasteiger partial charge on any atom is -0.378 e. The maximum absolute atomic E-state index is 4.60. The molecule has 0 atom stereocenters. The van der Waals surface area contributed by atoms with Crippen LogP contribution in [0, 0.1) is 0 Å². The van der Waals surface area contributed by atoms with Gasteiger partial charge < -0.3 is 4.90 Å². The van der Waals surface area contributed by atoms with Gasteiger partial charge in [0.1, 0.15) is 0 Å². The lowest BCUT2D eigenvalue weighted by molar-refractivity contribution is 1.13. The molecule has 0 unspecified atom stereocenters. The van der Waals surface area contributed by atoms with Crippen molar-refractivity contribution in [2.75, 3.05) is 19.0 Å². The van der Waals surface area contributed by atoms with Crippen LogP contribution in [0.25, 0.3) is 22.3 Å². The molecular formula is C16H15N3. The fraction of sp³-hybridized carbons (Fsp3) is 0.125. The van der Waals surface area contributed by atoms with Crippen molar-refractivity contribution in [2.24, 2.45) is 0 Å². The van der Waals surface area contributed by atoms with Crippen LogP contribution >= 0.6 is 0 Å². The third kappa shape index (κ3) is 2.27. The topological polar surface area (TPSA) is 29.0 Å². The van der Waals surface area contributed by atoms with Crippen molar-refractivity contribution in [3.63, 3.8) is 0 Å². The fourth-order valence-corrected chi connectivity index (χ4v) is 2.02. The highest BCUT2D eigenvalue weighted by molar-refractivity contribution is 5.79. The molecule has 0 amide bonds. The van der Waals surface area contributed by atoms with Gasteiger partial charge in [0, 0.05) is 36.9 Å². The average molecular weight is 249 g/mol. The lowest BCUT2D eigenvalue weighted by Gasteiger charge is -2.12. The first-order valence-corrected chi connectivity index (χ1v) is 6.23. The first kappa shape index (κ1) is 11.7. The largest absolute Gasteiger partial charge is 0.378 e. The number of nitrogens with zero attached hydrogens (tertiary/aromatic N) is 3. The number of fused-ring (bicyclic) bond motifs is 1. The van der Waals surface area contributed by atoms with E-state index in [9.17, 15) is 0 Å². The van der Waals surface area contributed by atoms with Gasteiger partial charge in [-0.3, -0.25) is 0 Å². The van der Waals surface area contributed by atoms with E-state index >= 15 is 0 Å². The zero-order chi connectivity index (χ0) is 13.2. The summed E-state index contributed by atoms with van der Waals surface area (Å²) in [5.74, 6) is 0.768. The van der Waals surface area contributed by atoms with E-state index in [0.29, 0.717) is 0 Å². The van der Waals surface area contributed by atoms with Crippen LogP contribution in [-0.4, -0.2) is 24.1 Å². The van der Waals surface area contributed by atoms with Gasteiger partial charge in [-0.15, -0.1) is 0 Å². The van der Waals surface area contributed by atoms with Crippen LogP contribution in [0.15, 0.2) is 54.7 Å². The van der Waals surface area contributed by atoms with Crippen LogP contribution in [0.4, 0.5) is 5.69 Å². The van der Waals surface area contributed by atoms with Crippen molar-refractivity contribution in [3.8, 4) is 11.4 Å². The van der Waals surface area contributed by atoms with Gasteiger partial charge in [-0.2, -0.15) is 0 Å². The molecule has 1 heterocycles. The smallest absolute Gasteiger partial charge is 0.159 e. The minimum atomic E-state index is 0.768. The summed E-state index contributed by atoms with van der Waals surface area (Å²) in [6.45, 7) is 0. The van der Waals surface area contributed by atoms with E-state index in [2.05, 4.69) is 39.1 Å². The molecule has 1 aromatic heterocycles. The van der Waals surface area contributed by atoms with Gasteiger partial charge >= 0.3 is 0 Å². The van der Waals surface area contributed by atoms with Crippen molar-refractivity contribution in [1.82, 2.24) is 9.97 Å². The van der Waals surface area contributed by atoms with E-state index in [1.54, 1.807) is 0 Å². The summed E-state index contributed by atoms with van der Waals surface area (Å²) in [7, 11) is 4.06. The Hall–Kier alpha value is -2.42. The molecule has 0 aliphatic heterocycles. The molecule has 19 heavy (non-hydrogen) atoms. The lowest BCUT2D eigenvalue weighted by atomic mass is 10.1. The molecule has 0 saturated heterocycles. The predicted molar refractivity (Wildman–Crippen MR) is 79.3 cm³/mol. The Morgan fingerprint density at radius 3 is 2.37 bits per heavy atom. The molecule has 3 aromatic rings. The second-order valence-electron chi connectivity index (χ2n) is 4.69. The summed E-state index contributed by atoms with van der Waals surface area (Å²) < 4.78 is 0. The van der Waals surface area contributed by atoms with Gasteiger partial charge in [0.05, 0.1) is 5.52 Å². The molecule has 94 valence electrons. The molecule has 0 saturated carbocycles. The molecule has 2 aromatic carbocycles. The molecule has 0 aliphatic carbocycles. The van der Waals surface area contributed by atoms with E-state index in [0.717, 1.165) is 22.3 Å². The molecule has 3 nitrogen and oxygen atoms in total. The van der Waals surface area contributed by atoms with Crippen molar-refractivity contribution in [2.45, 2.75) is 0 Å². The minimum absolute atomic E-state index is 0.768. The lowest BCUT2D eigenvalue weighted by Crippen LogP contribution is -2.08. The zero-order valence-electron chi connectivity index (χ0n) is 11.0. The van der Waals surface area contributed by atoms with Gasteiger partial charge in [0.2, 0.25) is 0 Å². The Morgan fingerprint density at radius 1 is 0.895 bits per heavy atom. The summed E-state index contributed by atoms with van der Waals surface area (Å²) in [6, 6.07) is 16.3. The number of para-hydroxylation sites is 1. The molecule has 0 spiro atoms. The second-order valence-corrected chi connectivity index (χ2v) is 4.69. The van der Waals surface area contributed by atoms with E-state index in [1.165, 1.54) is 5.69 Å². The Kier molecular flexibility index (Phi) is 2.88. The van der Waals surface area contributed by atoms with Crippen molar-refractivity contribution >= 4 is 16.6 Å². The average Bonchev–Trinajstić information content (AvgIpc) is 2.47. The quantitative estimate of drug-likeness (QED) is 0.697. The summed E-state index contributed by atoms with van der Waals surface area (Å²) in [6.07, 6.45) is 1.87. The van der Waals surface area contributed by atoms with Gasteiger partial charge in [0.25, 0.3) is 0 Å². The van der Waals surface area contributed by atoms with Gasteiger partial charge in [-0.1, -0.05) is 18.2 Å². The highest BCUT2D eigenvalue weighted by Crippen LogP contribution is 2.21. The first-order chi connectivity index (χ1) is 9.24. The number of benzene rings is 2. The zero-order valence-corrected chi connectivity index (χ0v) is 11.0. The van der Waals surface area contributed by atoms with E-state index in [4.69, 9.17) is 0 Å². The Labute approximate surface area is 112 Å². The SMILES string of the molecule is CN(C)c1ccc(-c2ncc3ccccc3n2)cc1. The fourth-order valence-electron chi connectivity index (χ4n) is 2.02. The highest BCUT2D eigenvalue weighted by Gasteiger charge is 2.03. The van der Waals surface area contributed by atoms with Crippen LogP contribution in [0.1, 0.15) is 0 Å². The predicted octanol–water partition coefficient (Wildman–Crippen LogP) is 3.36. The molecule has 3 heteroatoms. The third-order valence-electron chi connectivity index (χ3n) is 3.13. The van der Waals surface area contributed by atoms with Crippen LogP contribution in [0.3, 0.4) is 0 Å². The van der Waals surface area contributed by atoms with Gasteiger partial charge in [0.15, 0.2) is 5.82 Å². The molecule has 0 radical (unpaired) electrons. The summed E-state index contributed by atoms with van der Waals surface area (Å²) in [4.78, 5) is 11.1. The number of anilines is 1. The van der Waals surface area contributed by atoms with E-state index < -0.39 is 0 Å². The van der Waals surface area contributed by atoms with Crippen LogP contribution in [-0.2, 0) is 0 Å². The standard InChI is InChI=1S/C16H15N3/c1-19(2)14-9-7-12(8-10-14)16-17-11-13-5-3-4-6-15(13)18-16/h3-11H,1-2H3. The van der Waals surface area contributed by atoms with E-state index in [1.807, 2.05) is 44.6 Å². The van der Waals surface area contributed by atoms with Gasteiger partial charge in [-0.25, -0.2) is 9.97 Å². The number of hydrogen-bond donors (Lipinski definition) is 0. The maximum Gasteiger partial charge on any atom is 0.159 e. The number of rotatable bonds is 2. The molecule has 0 N–H and O–H groups in total. The van der Waals surface area contributed by atoms with Crippen molar-refractivity contribution in [3.05, 3.63) is 54.7 Å².